The molecule has 1 amide bonds. The molecule has 0 aromatic heterocycles. The number of hydrogen-bond acceptors (Lipinski definition) is 5. The third kappa shape index (κ3) is 3.94. The van der Waals surface area contributed by atoms with Crippen molar-refractivity contribution in [2.75, 3.05) is 18.5 Å². The second-order valence-electron chi connectivity index (χ2n) is 6.50. The van der Waals surface area contributed by atoms with E-state index in [4.69, 9.17) is 9.47 Å². The quantitative estimate of drug-likeness (QED) is 0.668. The van der Waals surface area contributed by atoms with Crippen LogP contribution in [0.1, 0.15) is 12.8 Å². The van der Waals surface area contributed by atoms with Crippen molar-refractivity contribution in [1.82, 2.24) is 4.72 Å². The summed E-state index contributed by atoms with van der Waals surface area (Å²) < 4.78 is 38.8. The molecular formula is C19H20N3O5S+. The van der Waals surface area contributed by atoms with Gasteiger partial charge in [-0.15, -0.1) is 0 Å². The molecule has 2 aromatic rings. The van der Waals surface area contributed by atoms with Crippen LogP contribution in [0.25, 0.3) is 0 Å². The number of benzene rings is 2. The lowest BCUT2D eigenvalue weighted by Crippen LogP contribution is -2.72. The van der Waals surface area contributed by atoms with Crippen LogP contribution < -0.4 is 24.5 Å². The Morgan fingerprint density at radius 3 is 2.71 bits per heavy atom. The second kappa shape index (κ2) is 7.51. The number of anilines is 1. The van der Waals surface area contributed by atoms with Gasteiger partial charge in [-0.1, -0.05) is 18.2 Å². The minimum atomic E-state index is -3.72. The van der Waals surface area contributed by atoms with Gasteiger partial charge in [0.15, 0.2) is 11.5 Å². The van der Waals surface area contributed by atoms with E-state index in [1.165, 1.54) is 12.1 Å². The summed E-state index contributed by atoms with van der Waals surface area (Å²) >= 11 is 0. The maximum Gasteiger partial charge on any atom is 0.328 e. The van der Waals surface area contributed by atoms with E-state index in [9.17, 15) is 13.2 Å². The minimum absolute atomic E-state index is 0.0673. The molecule has 0 fully saturated rings. The first-order chi connectivity index (χ1) is 13.5. The molecule has 2 aliphatic heterocycles. The van der Waals surface area contributed by atoms with Crippen molar-refractivity contribution in [2.45, 2.75) is 23.8 Å². The Hall–Kier alpha value is -3.07. The van der Waals surface area contributed by atoms with Crippen molar-refractivity contribution in [3.8, 4) is 11.5 Å². The van der Waals surface area contributed by atoms with Gasteiger partial charge >= 0.3 is 10.0 Å². The molecule has 0 unspecified atom stereocenters. The first kappa shape index (κ1) is 18.3. The molecule has 2 aliphatic rings. The third-order valence-corrected chi connectivity index (χ3v) is 5.80. The number of fused-ring (bicyclic) bond motifs is 1. The summed E-state index contributed by atoms with van der Waals surface area (Å²) in [6, 6.07) is 13.2. The van der Waals surface area contributed by atoms with Crippen molar-refractivity contribution in [1.29, 1.82) is 0 Å². The molecule has 1 atom stereocenters. The Bertz CT molecular complexity index is 1040. The Morgan fingerprint density at radius 2 is 1.93 bits per heavy atom. The van der Waals surface area contributed by atoms with E-state index in [2.05, 4.69) is 15.0 Å². The standard InChI is InChI=1S/C19H19N3O5S/c23-19(17-12-26-15-7-1-2-8-16(15)27-17)21-13-5-3-6-14(11-13)28(24,25)22-18-9-4-10-20-18/h1-3,5-8,11,17H,4,9-10,12H2,(H,20,22)(H,21,23)/p+1/t17-/m0/s1. The summed E-state index contributed by atoms with van der Waals surface area (Å²) in [5, 5.41) is 2.69. The fourth-order valence-electron chi connectivity index (χ4n) is 3.01. The predicted octanol–water partition coefficient (Wildman–Crippen LogP) is 0.0163. The van der Waals surface area contributed by atoms with Crippen molar-refractivity contribution in [2.24, 2.45) is 0 Å². The molecule has 28 heavy (non-hydrogen) atoms. The highest BCUT2D eigenvalue weighted by molar-refractivity contribution is 7.90. The number of carbonyl (C=O) groups is 1. The Balaban J connectivity index is 1.45. The fraction of sp³-hybridized carbons (Fsp3) is 0.263. The van der Waals surface area contributed by atoms with Crippen LogP contribution in [0.5, 0.6) is 11.5 Å². The van der Waals surface area contributed by atoms with E-state index in [1.807, 2.05) is 6.07 Å². The maximum atomic E-state index is 12.5. The molecule has 0 aliphatic carbocycles. The number of rotatable bonds is 4. The number of para-hydroxylation sites is 2. The van der Waals surface area contributed by atoms with Crippen LogP contribution in [-0.2, 0) is 14.8 Å². The first-order valence-electron chi connectivity index (χ1n) is 8.93. The van der Waals surface area contributed by atoms with Gasteiger partial charge < -0.3 is 14.8 Å². The van der Waals surface area contributed by atoms with Crippen molar-refractivity contribution >= 4 is 27.5 Å². The largest absolute Gasteiger partial charge is 0.485 e. The smallest absolute Gasteiger partial charge is 0.328 e. The number of amidine groups is 1. The third-order valence-electron chi connectivity index (χ3n) is 4.41. The van der Waals surface area contributed by atoms with Gasteiger partial charge in [0.25, 0.3) is 11.7 Å². The van der Waals surface area contributed by atoms with Crippen LogP contribution in [0.4, 0.5) is 5.69 Å². The Labute approximate surface area is 162 Å². The highest BCUT2D eigenvalue weighted by atomic mass is 32.2. The van der Waals surface area contributed by atoms with Gasteiger partial charge in [-0.3, -0.25) is 9.79 Å². The van der Waals surface area contributed by atoms with E-state index in [0.29, 0.717) is 29.4 Å². The lowest BCUT2D eigenvalue weighted by atomic mass is 10.2. The number of carbonyl (C=O) groups excluding carboxylic acids is 1. The van der Waals surface area contributed by atoms with Gasteiger partial charge in [-0.2, -0.15) is 13.1 Å². The highest BCUT2D eigenvalue weighted by Crippen LogP contribution is 2.31. The molecule has 9 heteroatoms. The average molecular weight is 402 g/mol. The van der Waals surface area contributed by atoms with Crippen molar-refractivity contribution < 1.29 is 27.7 Å². The summed E-state index contributed by atoms with van der Waals surface area (Å²) in [5.74, 6) is 1.25. The molecule has 8 nitrogen and oxygen atoms in total. The number of hydrogen-bond donors (Lipinski definition) is 3. The molecule has 0 saturated carbocycles. The second-order valence-corrected chi connectivity index (χ2v) is 8.18. The molecule has 4 rings (SSSR count). The number of sulfonamides is 1. The van der Waals surface area contributed by atoms with Crippen molar-refractivity contribution in [3.05, 3.63) is 48.5 Å². The van der Waals surface area contributed by atoms with E-state index in [1.54, 1.807) is 30.3 Å². The predicted molar refractivity (Wildman–Crippen MR) is 102 cm³/mol. The Morgan fingerprint density at radius 1 is 1.11 bits per heavy atom. The van der Waals surface area contributed by atoms with Crippen LogP contribution in [0.15, 0.2) is 53.4 Å². The fourth-order valence-corrected chi connectivity index (χ4v) is 4.17. The van der Waals surface area contributed by atoms with E-state index < -0.39 is 22.0 Å². The molecule has 2 heterocycles. The Kier molecular flexibility index (Phi) is 4.91. The highest BCUT2D eigenvalue weighted by Gasteiger charge is 2.28. The molecule has 146 valence electrons. The summed E-state index contributed by atoms with van der Waals surface area (Å²) in [6.45, 7) is 0.826. The van der Waals surface area contributed by atoms with Crippen LogP contribution >= 0.6 is 0 Å². The molecule has 0 saturated heterocycles. The zero-order valence-electron chi connectivity index (χ0n) is 15.0. The first-order valence-corrected chi connectivity index (χ1v) is 10.4. The zero-order chi connectivity index (χ0) is 19.6. The average Bonchev–Trinajstić information content (AvgIpc) is 3.20. The SMILES string of the molecule is O=C(Nc1cccc(S(=O)(=O)NC2=[NH+]CCC2)c1)[C@@H]1COc2ccccc2O1. The molecule has 2 aromatic carbocycles. The maximum absolute atomic E-state index is 12.5. The normalized spacial score (nSPS) is 18.3. The molecule has 0 bridgehead atoms. The minimum Gasteiger partial charge on any atom is -0.485 e. The molecular weight excluding hydrogens is 382 g/mol. The van der Waals surface area contributed by atoms with E-state index >= 15 is 0 Å². The number of amides is 1. The number of nitrogens with one attached hydrogen (secondary N) is 3. The van der Waals surface area contributed by atoms with Crippen LogP contribution in [-0.4, -0.2) is 39.4 Å². The molecule has 0 radical (unpaired) electrons. The van der Waals surface area contributed by atoms with Crippen LogP contribution in [0.2, 0.25) is 0 Å². The van der Waals surface area contributed by atoms with Gasteiger partial charge in [0.1, 0.15) is 11.5 Å². The summed E-state index contributed by atoms with van der Waals surface area (Å²) in [5.41, 5.74) is 0.361. The molecule has 3 N–H and O–H groups in total. The van der Waals surface area contributed by atoms with Crippen LogP contribution in [0, 0.1) is 0 Å². The topological polar surface area (TPSA) is 108 Å². The molecule has 0 spiro atoms. The summed E-state index contributed by atoms with van der Waals surface area (Å²) in [4.78, 5) is 15.6. The van der Waals surface area contributed by atoms with E-state index in [-0.39, 0.29) is 11.5 Å². The zero-order valence-corrected chi connectivity index (χ0v) is 15.8. The van der Waals surface area contributed by atoms with E-state index in [0.717, 1.165) is 13.0 Å². The monoisotopic (exact) mass is 402 g/mol. The summed E-state index contributed by atoms with van der Waals surface area (Å²) in [7, 11) is -3.72. The summed E-state index contributed by atoms with van der Waals surface area (Å²) in [6.07, 6.45) is 0.725. The van der Waals surface area contributed by atoms with Crippen molar-refractivity contribution in [3.63, 3.8) is 0 Å². The number of ether oxygens (including phenoxy) is 2. The van der Waals surface area contributed by atoms with Gasteiger partial charge in [-0.25, -0.2) is 0 Å². The van der Waals surface area contributed by atoms with Gasteiger partial charge in [0.05, 0.1) is 13.0 Å². The van der Waals surface area contributed by atoms with Gasteiger partial charge in [0, 0.05) is 5.69 Å². The van der Waals surface area contributed by atoms with Gasteiger partial charge in [0.2, 0.25) is 6.10 Å². The van der Waals surface area contributed by atoms with Crippen LogP contribution in [0.3, 0.4) is 0 Å². The lowest BCUT2D eigenvalue weighted by molar-refractivity contribution is -0.448. The lowest BCUT2D eigenvalue weighted by Gasteiger charge is -2.25. The van der Waals surface area contributed by atoms with Gasteiger partial charge in [-0.05, 0) is 36.8 Å².